The molecular weight excluding hydrogens is 396 g/mol. The molecule has 0 radical (unpaired) electrons. The van der Waals surface area contributed by atoms with E-state index in [0.29, 0.717) is 0 Å². The maximum Gasteiger partial charge on any atom is 0.407 e. The molecule has 0 bridgehead atoms. The largest absolute Gasteiger partial charge is 0.480 e. The van der Waals surface area contributed by atoms with Crippen LogP contribution in [0.25, 0.3) is 11.1 Å². The number of amides is 2. The molecule has 0 spiro atoms. The Balaban J connectivity index is 1.61. The standard InChI is InChI=1S/C24H28N2O5/c1-14(2)21(12-22(27)25-15(3)23(28)29)26-24(30)31-13-20-18-10-6-4-8-16(18)17-9-5-7-11-19(17)20/h4-11,14-15,20-21H,12-13H2,1-3H3,(H,25,27)(H,26,30)(H,28,29)/t15?,21-/m1/s1. The van der Waals surface area contributed by atoms with E-state index in [1.54, 1.807) is 0 Å². The van der Waals surface area contributed by atoms with E-state index in [0.717, 1.165) is 22.3 Å². The maximum absolute atomic E-state index is 12.5. The van der Waals surface area contributed by atoms with E-state index in [4.69, 9.17) is 9.84 Å². The second-order valence-corrected chi connectivity index (χ2v) is 8.15. The van der Waals surface area contributed by atoms with Crippen molar-refractivity contribution in [3.8, 4) is 11.1 Å². The van der Waals surface area contributed by atoms with Gasteiger partial charge in [0.05, 0.1) is 0 Å². The normalized spacial score (nSPS) is 14.3. The van der Waals surface area contributed by atoms with Crippen molar-refractivity contribution < 1.29 is 24.2 Å². The predicted molar refractivity (Wildman–Crippen MR) is 117 cm³/mol. The lowest BCUT2D eigenvalue weighted by atomic mass is 9.98. The van der Waals surface area contributed by atoms with Gasteiger partial charge in [0, 0.05) is 18.4 Å². The minimum Gasteiger partial charge on any atom is -0.480 e. The molecule has 0 heterocycles. The fourth-order valence-corrected chi connectivity index (χ4v) is 3.81. The van der Waals surface area contributed by atoms with E-state index < -0.39 is 30.1 Å². The lowest BCUT2D eigenvalue weighted by Crippen LogP contribution is -2.45. The molecule has 0 aliphatic heterocycles. The summed E-state index contributed by atoms with van der Waals surface area (Å²) in [6.07, 6.45) is -0.626. The molecule has 1 aliphatic rings. The Morgan fingerprint density at radius 2 is 1.48 bits per heavy atom. The molecule has 7 nitrogen and oxygen atoms in total. The van der Waals surface area contributed by atoms with Crippen molar-refractivity contribution in [1.82, 2.24) is 10.6 Å². The summed E-state index contributed by atoms with van der Waals surface area (Å²) in [5.74, 6) is -1.63. The molecule has 3 N–H and O–H groups in total. The molecule has 1 aliphatic carbocycles. The second kappa shape index (κ2) is 9.64. The molecule has 7 heteroatoms. The number of carbonyl (C=O) groups is 3. The van der Waals surface area contributed by atoms with Crippen LogP contribution in [0.4, 0.5) is 4.79 Å². The van der Waals surface area contributed by atoms with Gasteiger partial charge in [0.1, 0.15) is 12.6 Å². The van der Waals surface area contributed by atoms with Crippen LogP contribution in [0.5, 0.6) is 0 Å². The number of hydrogen-bond donors (Lipinski definition) is 3. The SMILES string of the molecule is CC(NC(=O)C[C@@H](NC(=O)OCC1c2ccccc2-c2ccccc21)C(C)C)C(=O)O. The van der Waals surface area contributed by atoms with E-state index in [-0.39, 0.29) is 24.9 Å². The number of rotatable bonds is 8. The Bertz CT molecular complexity index is 926. The first-order chi connectivity index (χ1) is 14.8. The fraction of sp³-hybridized carbons (Fsp3) is 0.375. The number of carbonyl (C=O) groups excluding carboxylic acids is 2. The van der Waals surface area contributed by atoms with Crippen LogP contribution in [0.15, 0.2) is 48.5 Å². The first kappa shape index (κ1) is 22.3. The van der Waals surface area contributed by atoms with Crippen LogP contribution in [0, 0.1) is 5.92 Å². The van der Waals surface area contributed by atoms with Crippen molar-refractivity contribution >= 4 is 18.0 Å². The Labute approximate surface area is 181 Å². The Morgan fingerprint density at radius 3 is 2.00 bits per heavy atom. The number of carboxylic acids is 1. The minimum atomic E-state index is -1.11. The molecule has 2 amide bonds. The van der Waals surface area contributed by atoms with Crippen LogP contribution in [0.2, 0.25) is 0 Å². The van der Waals surface area contributed by atoms with E-state index in [1.165, 1.54) is 6.92 Å². The number of alkyl carbamates (subject to hydrolysis) is 1. The fourth-order valence-electron chi connectivity index (χ4n) is 3.81. The van der Waals surface area contributed by atoms with Gasteiger partial charge in [0.2, 0.25) is 5.91 Å². The van der Waals surface area contributed by atoms with Crippen LogP contribution in [0.3, 0.4) is 0 Å². The van der Waals surface area contributed by atoms with Gasteiger partial charge in [0.25, 0.3) is 0 Å². The molecular formula is C24H28N2O5. The van der Waals surface area contributed by atoms with Crippen molar-refractivity contribution in [3.05, 3.63) is 59.7 Å². The van der Waals surface area contributed by atoms with Gasteiger partial charge in [-0.3, -0.25) is 9.59 Å². The quantitative estimate of drug-likeness (QED) is 0.601. The molecule has 0 saturated carbocycles. The van der Waals surface area contributed by atoms with Gasteiger partial charge < -0.3 is 20.5 Å². The third-order valence-electron chi connectivity index (χ3n) is 5.60. The highest BCUT2D eigenvalue weighted by Gasteiger charge is 2.29. The summed E-state index contributed by atoms with van der Waals surface area (Å²) in [5, 5.41) is 14.1. The number of nitrogens with one attached hydrogen (secondary N) is 2. The number of aliphatic carboxylic acids is 1. The van der Waals surface area contributed by atoms with Gasteiger partial charge in [-0.25, -0.2) is 4.79 Å². The summed E-state index contributed by atoms with van der Waals surface area (Å²) in [7, 11) is 0. The van der Waals surface area contributed by atoms with Crippen LogP contribution in [0.1, 0.15) is 44.2 Å². The summed E-state index contributed by atoms with van der Waals surface area (Å²) in [4.78, 5) is 35.5. The average Bonchev–Trinajstić information content (AvgIpc) is 3.05. The smallest absolute Gasteiger partial charge is 0.407 e. The topological polar surface area (TPSA) is 105 Å². The van der Waals surface area contributed by atoms with Gasteiger partial charge in [-0.15, -0.1) is 0 Å². The molecule has 0 aromatic heterocycles. The summed E-state index contributed by atoms with van der Waals surface area (Å²) in [5.41, 5.74) is 4.55. The third-order valence-corrected chi connectivity index (χ3v) is 5.60. The number of benzene rings is 2. The lowest BCUT2D eigenvalue weighted by Gasteiger charge is -2.23. The molecule has 0 fully saturated rings. The molecule has 1 unspecified atom stereocenters. The summed E-state index contributed by atoms with van der Waals surface area (Å²) < 4.78 is 5.55. The summed E-state index contributed by atoms with van der Waals surface area (Å²) in [6, 6.07) is 14.7. The molecule has 2 aromatic carbocycles. The van der Waals surface area contributed by atoms with Crippen LogP contribution in [-0.4, -0.2) is 41.8 Å². The van der Waals surface area contributed by atoms with E-state index >= 15 is 0 Å². The van der Waals surface area contributed by atoms with E-state index in [1.807, 2.05) is 50.2 Å². The van der Waals surface area contributed by atoms with Crippen LogP contribution >= 0.6 is 0 Å². The average molecular weight is 424 g/mol. The van der Waals surface area contributed by atoms with Gasteiger partial charge >= 0.3 is 12.1 Å². The highest BCUT2D eigenvalue weighted by Crippen LogP contribution is 2.44. The van der Waals surface area contributed by atoms with Crippen LogP contribution in [-0.2, 0) is 14.3 Å². The number of carboxylic acid groups (broad SMARTS) is 1. The summed E-state index contributed by atoms with van der Waals surface area (Å²) >= 11 is 0. The molecule has 31 heavy (non-hydrogen) atoms. The maximum atomic E-state index is 12.5. The molecule has 2 atom stereocenters. The summed E-state index contributed by atoms with van der Waals surface area (Å²) in [6.45, 7) is 5.33. The van der Waals surface area contributed by atoms with Gasteiger partial charge in [-0.1, -0.05) is 62.4 Å². The zero-order valence-electron chi connectivity index (χ0n) is 17.9. The minimum absolute atomic E-state index is 0.0283. The first-order valence-corrected chi connectivity index (χ1v) is 10.4. The van der Waals surface area contributed by atoms with Crippen molar-refractivity contribution in [1.29, 1.82) is 0 Å². The third kappa shape index (κ3) is 5.23. The highest BCUT2D eigenvalue weighted by molar-refractivity contribution is 5.84. The number of fused-ring (bicyclic) bond motifs is 3. The van der Waals surface area contributed by atoms with Gasteiger partial charge in [-0.05, 0) is 35.1 Å². The van der Waals surface area contributed by atoms with Gasteiger partial charge in [-0.2, -0.15) is 0 Å². The van der Waals surface area contributed by atoms with Crippen molar-refractivity contribution in [3.63, 3.8) is 0 Å². The Hall–Kier alpha value is -3.35. The van der Waals surface area contributed by atoms with Crippen molar-refractivity contribution in [2.75, 3.05) is 6.61 Å². The molecule has 2 aromatic rings. The number of ether oxygens (including phenoxy) is 1. The van der Waals surface area contributed by atoms with Gasteiger partial charge in [0.15, 0.2) is 0 Å². The molecule has 164 valence electrons. The Morgan fingerprint density at radius 1 is 0.935 bits per heavy atom. The monoisotopic (exact) mass is 424 g/mol. The molecule has 0 saturated heterocycles. The Kier molecular flexibility index (Phi) is 6.95. The zero-order valence-corrected chi connectivity index (χ0v) is 17.9. The number of hydrogen-bond acceptors (Lipinski definition) is 4. The van der Waals surface area contributed by atoms with Crippen molar-refractivity contribution in [2.24, 2.45) is 5.92 Å². The molecule has 3 rings (SSSR count). The zero-order chi connectivity index (χ0) is 22.5. The van der Waals surface area contributed by atoms with E-state index in [2.05, 4.69) is 22.8 Å². The van der Waals surface area contributed by atoms with Crippen LogP contribution < -0.4 is 10.6 Å². The predicted octanol–water partition coefficient (Wildman–Crippen LogP) is 3.53. The second-order valence-electron chi connectivity index (χ2n) is 8.15. The highest BCUT2D eigenvalue weighted by atomic mass is 16.5. The van der Waals surface area contributed by atoms with Crippen molar-refractivity contribution in [2.45, 2.75) is 45.2 Å². The van der Waals surface area contributed by atoms with E-state index in [9.17, 15) is 14.4 Å². The lowest BCUT2D eigenvalue weighted by molar-refractivity contribution is -0.141. The first-order valence-electron chi connectivity index (χ1n) is 10.4.